The van der Waals surface area contributed by atoms with Gasteiger partial charge >= 0.3 is 0 Å². The normalized spacial score (nSPS) is 16.3. The van der Waals surface area contributed by atoms with Crippen molar-refractivity contribution in [2.45, 2.75) is 33.7 Å². The minimum Gasteiger partial charge on any atom is -0.492 e. The summed E-state index contributed by atoms with van der Waals surface area (Å²) in [5.41, 5.74) is 2.61. The van der Waals surface area contributed by atoms with Gasteiger partial charge in [-0.3, -0.25) is 14.4 Å². The van der Waals surface area contributed by atoms with Gasteiger partial charge in [-0.1, -0.05) is 12.1 Å². The highest BCUT2D eigenvalue weighted by molar-refractivity contribution is 6.01. The molecule has 1 saturated heterocycles. The molecule has 0 bridgehead atoms. The van der Waals surface area contributed by atoms with Crippen LogP contribution in [-0.2, 0) is 16.1 Å². The van der Waals surface area contributed by atoms with Crippen molar-refractivity contribution in [3.63, 3.8) is 0 Å². The molecule has 2 heterocycles. The van der Waals surface area contributed by atoms with E-state index in [0.29, 0.717) is 23.6 Å². The van der Waals surface area contributed by atoms with Crippen molar-refractivity contribution in [3.05, 3.63) is 57.5 Å². The number of amides is 2. The summed E-state index contributed by atoms with van der Waals surface area (Å²) in [6.45, 7) is 6.46. The van der Waals surface area contributed by atoms with Crippen LogP contribution in [0.15, 0.2) is 35.1 Å². The van der Waals surface area contributed by atoms with Gasteiger partial charge in [0.2, 0.25) is 11.8 Å². The Morgan fingerprint density at radius 1 is 1.29 bits per heavy atom. The molecule has 0 saturated carbocycles. The van der Waals surface area contributed by atoms with Crippen LogP contribution >= 0.6 is 0 Å². The average molecular weight is 383 g/mol. The molecule has 1 aromatic carbocycles. The van der Waals surface area contributed by atoms with Crippen molar-refractivity contribution < 1.29 is 14.3 Å². The quantitative estimate of drug-likeness (QED) is 0.799. The summed E-state index contributed by atoms with van der Waals surface area (Å²) < 4.78 is 5.60. The number of anilines is 1. The van der Waals surface area contributed by atoms with Gasteiger partial charge in [-0.05, 0) is 44.5 Å². The largest absolute Gasteiger partial charge is 0.492 e. The van der Waals surface area contributed by atoms with E-state index in [1.807, 2.05) is 51.1 Å². The Kier molecular flexibility index (Phi) is 5.82. The smallest absolute Gasteiger partial charge is 0.253 e. The minimum absolute atomic E-state index is 0.114. The monoisotopic (exact) mass is 383 g/mol. The standard InChI is InChI=1S/C21H25N3O4/c1-4-28-18-8-6-5-7-17(18)24-12-15(10-19(24)25)20(26)22-11-16-13(2)9-14(3)23-21(16)27/h5-9,15H,4,10-12H2,1-3H3,(H,22,26)(H,23,27)/t15-/m0/s1. The highest BCUT2D eigenvalue weighted by Crippen LogP contribution is 2.33. The summed E-state index contributed by atoms with van der Waals surface area (Å²) in [6.07, 6.45) is 0.134. The lowest BCUT2D eigenvalue weighted by Crippen LogP contribution is -2.34. The summed E-state index contributed by atoms with van der Waals surface area (Å²) in [4.78, 5) is 41.5. The van der Waals surface area contributed by atoms with Gasteiger partial charge in [0.1, 0.15) is 5.75 Å². The number of hydrogen-bond acceptors (Lipinski definition) is 4. The van der Waals surface area contributed by atoms with Gasteiger partial charge < -0.3 is 19.9 Å². The maximum absolute atomic E-state index is 12.6. The number of aromatic amines is 1. The third-order valence-corrected chi connectivity index (χ3v) is 4.88. The summed E-state index contributed by atoms with van der Waals surface area (Å²) in [7, 11) is 0. The number of ether oxygens (including phenoxy) is 1. The van der Waals surface area contributed by atoms with Crippen molar-refractivity contribution in [2.24, 2.45) is 5.92 Å². The maximum Gasteiger partial charge on any atom is 0.253 e. The third-order valence-electron chi connectivity index (χ3n) is 4.88. The van der Waals surface area contributed by atoms with Crippen molar-refractivity contribution in [2.75, 3.05) is 18.1 Å². The molecule has 7 heteroatoms. The van der Waals surface area contributed by atoms with Crippen LogP contribution in [0.25, 0.3) is 0 Å². The number of benzene rings is 1. The van der Waals surface area contributed by atoms with Crippen LogP contribution in [0, 0.1) is 19.8 Å². The molecule has 2 aromatic rings. The number of nitrogens with one attached hydrogen (secondary N) is 2. The molecule has 1 aromatic heterocycles. The molecule has 3 rings (SSSR count). The fourth-order valence-corrected chi connectivity index (χ4v) is 3.49. The molecule has 148 valence electrons. The molecule has 1 fully saturated rings. The first-order valence-electron chi connectivity index (χ1n) is 9.40. The number of hydrogen-bond donors (Lipinski definition) is 2. The topological polar surface area (TPSA) is 91.5 Å². The summed E-state index contributed by atoms with van der Waals surface area (Å²) in [6, 6.07) is 9.18. The van der Waals surface area contributed by atoms with E-state index in [4.69, 9.17) is 4.74 Å². The lowest BCUT2D eigenvalue weighted by atomic mass is 10.1. The number of carbonyl (C=O) groups is 2. The van der Waals surface area contributed by atoms with E-state index in [0.717, 1.165) is 11.3 Å². The van der Waals surface area contributed by atoms with E-state index >= 15 is 0 Å². The zero-order chi connectivity index (χ0) is 20.3. The average Bonchev–Trinajstić information content (AvgIpc) is 3.03. The Balaban J connectivity index is 1.69. The molecule has 2 amide bonds. The third kappa shape index (κ3) is 4.08. The van der Waals surface area contributed by atoms with Gasteiger partial charge in [-0.25, -0.2) is 0 Å². The predicted molar refractivity (Wildman–Crippen MR) is 106 cm³/mol. The minimum atomic E-state index is -0.466. The first-order valence-corrected chi connectivity index (χ1v) is 9.40. The van der Waals surface area contributed by atoms with E-state index in [-0.39, 0.29) is 36.9 Å². The Hall–Kier alpha value is -3.09. The molecule has 2 N–H and O–H groups in total. The Labute approximate surface area is 163 Å². The highest BCUT2D eigenvalue weighted by atomic mass is 16.5. The summed E-state index contributed by atoms with van der Waals surface area (Å²) >= 11 is 0. The molecular formula is C21H25N3O4. The van der Waals surface area contributed by atoms with Gasteiger partial charge in [0.25, 0.3) is 5.56 Å². The second-order valence-electron chi connectivity index (χ2n) is 6.97. The van der Waals surface area contributed by atoms with E-state index < -0.39 is 5.92 Å². The lowest BCUT2D eigenvalue weighted by Gasteiger charge is -2.20. The molecule has 7 nitrogen and oxygen atoms in total. The van der Waals surface area contributed by atoms with Crippen molar-refractivity contribution in [3.8, 4) is 5.75 Å². The fourth-order valence-electron chi connectivity index (χ4n) is 3.49. The molecule has 28 heavy (non-hydrogen) atoms. The second-order valence-corrected chi connectivity index (χ2v) is 6.97. The summed E-state index contributed by atoms with van der Waals surface area (Å²) in [5.74, 6) is -0.186. The number of carbonyl (C=O) groups excluding carboxylic acids is 2. The second kappa shape index (κ2) is 8.29. The highest BCUT2D eigenvalue weighted by Gasteiger charge is 2.36. The molecule has 0 radical (unpaired) electrons. The molecule has 0 spiro atoms. The van der Waals surface area contributed by atoms with E-state index in [1.54, 1.807) is 4.90 Å². The van der Waals surface area contributed by atoms with Crippen LogP contribution in [0.5, 0.6) is 5.75 Å². The summed E-state index contributed by atoms with van der Waals surface area (Å²) in [5, 5.41) is 2.81. The van der Waals surface area contributed by atoms with Crippen LogP contribution < -0.4 is 20.5 Å². The fraction of sp³-hybridized carbons (Fsp3) is 0.381. The molecule has 1 aliphatic heterocycles. The predicted octanol–water partition coefficient (Wildman–Crippen LogP) is 2.06. The van der Waals surface area contributed by atoms with Gasteiger partial charge in [-0.15, -0.1) is 0 Å². The SMILES string of the molecule is CCOc1ccccc1N1C[C@@H](C(=O)NCc2c(C)cc(C)[nH]c2=O)CC1=O. The van der Waals surface area contributed by atoms with Crippen LogP contribution in [-0.4, -0.2) is 29.9 Å². The van der Waals surface area contributed by atoms with Crippen LogP contribution in [0.1, 0.15) is 30.2 Å². The Morgan fingerprint density at radius 2 is 2.04 bits per heavy atom. The Morgan fingerprint density at radius 3 is 2.75 bits per heavy atom. The van der Waals surface area contributed by atoms with Gasteiger partial charge in [0.15, 0.2) is 0 Å². The number of rotatable bonds is 6. The lowest BCUT2D eigenvalue weighted by molar-refractivity contribution is -0.126. The number of para-hydroxylation sites is 2. The molecule has 1 aliphatic rings. The van der Waals surface area contributed by atoms with E-state index in [2.05, 4.69) is 10.3 Å². The van der Waals surface area contributed by atoms with Crippen molar-refractivity contribution in [1.29, 1.82) is 0 Å². The van der Waals surface area contributed by atoms with E-state index in [9.17, 15) is 14.4 Å². The zero-order valence-electron chi connectivity index (χ0n) is 16.4. The number of aromatic nitrogens is 1. The molecule has 0 aliphatic carbocycles. The number of aryl methyl sites for hydroxylation is 2. The zero-order valence-corrected chi connectivity index (χ0v) is 16.4. The first-order chi connectivity index (χ1) is 13.4. The number of H-pyrrole nitrogens is 1. The van der Waals surface area contributed by atoms with E-state index in [1.165, 1.54) is 0 Å². The van der Waals surface area contributed by atoms with Crippen LogP contribution in [0.3, 0.4) is 0 Å². The maximum atomic E-state index is 12.6. The van der Waals surface area contributed by atoms with Gasteiger partial charge in [0, 0.05) is 30.8 Å². The van der Waals surface area contributed by atoms with Gasteiger partial charge in [-0.2, -0.15) is 0 Å². The van der Waals surface area contributed by atoms with Crippen molar-refractivity contribution in [1.82, 2.24) is 10.3 Å². The molecular weight excluding hydrogens is 358 g/mol. The molecule has 1 atom stereocenters. The first kappa shape index (κ1) is 19.7. The number of nitrogens with zero attached hydrogens (tertiary/aromatic N) is 1. The van der Waals surface area contributed by atoms with Crippen LogP contribution in [0.2, 0.25) is 0 Å². The molecule has 0 unspecified atom stereocenters. The Bertz CT molecular complexity index is 951. The van der Waals surface area contributed by atoms with Crippen molar-refractivity contribution >= 4 is 17.5 Å². The van der Waals surface area contributed by atoms with Crippen LogP contribution in [0.4, 0.5) is 5.69 Å². The van der Waals surface area contributed by atoms with Gasteiger partial charge in [0.05, 0.1) is 18.2 Å². The number of pyridine rings is 1.